The zero-order valence-corrected chi connectivity index (χ0v) is 24.9. The van der Waals surface area contributed by atoms with Gasteiger partial charge in [0.05, 0.1) is 30.3 Å². The molecule has 2 aromatic heterocycles. The molecule has 6 rings (SSSR count). The van der Waals surface area contributed by atoms with E-state index in [0.717, 1.165) is 59.8 Å². The molecule has 0 N–H and O–H groups in total. The van der Waals surface area contributed by atoms with Crippen LogP contribution in [-0.2, 0) is 22.6 Å². The average molecular weight is 561 g/mol. The Morgan fingerprint density at radius 3 is 2.05 bits per heavy atom. The Morgan fingerprint density at radius 1 is 0.810 bits per heavy atom. The van der Waals surface area contributed by atoms with Crippen LogP contribution < -0.4 is 0 Å². The summed E-state index contributed by atoms with van der Waals surface area (Å²) in [6.45, 7) is 9.34. The molecule has 3 aromatic carbocycles. The highest BCUT2D eigenvalue weighted by Gasteiger charge is 2.36. The van der Waals surface area contributed by atoms with Gasteiger partial charge in [0.1, 0.15) is 0 Å². The van der Waals surface area contributed by atoms with E-state index in [-0.39, 0.29) is 5.41 Å². The van der Waals surface area contributed by atoms with Crippen LogP contribution in [0.1, 0.15) is 55.3 Å². The summed E-state index contributed by atoms with van der Waals surface area (Å²) in [7, 11) is 0. The van der Waals surface area contributed by atoms with Gasteiger partial charge in [-0.15, -0.1) is 0 Å². The molecule has 6 nitrogen and oxygen atoms in total. The highest BCUT2D eigenvalue weighted by atomic mass is 16.7. The first-order valence-corrected chi connectivity index (χ1v) is 15.0. The van der Waals surface area contributed by atoms with Crippen molar-refractivity contribution in [3.8, 4) is 22.5 Å². The molecule has 1 saturated heterocycles. The molecular weight excluding hydrogens is 520 g/mol. The molecule has 216 valence electrons. The summed E-state index contributed by atoms with van der Waals surface area (Å²) in [5.74, 6) is 0.808. The third-order valence-corrected chi connectivity index (χ3v) is 8.16. The van der Waals surface area contributed by atoms with Crippen LogP contribution in [0.3, 0.4) is 0 Å². The Hall–Kier alpha value is -4.00. The van der Waals surface area contributed by atoms with Gasteiger partial charge in [-0.05, 0) is 38.3 Å². The fraction of sp³-hybridized carbons (Fsp3) is 0.333. The summed E-state index contributed by atoms with van der Waals surface area (Å²) < 4.78 is 17.4. The third-order valence-electron chi connectivity index (χ3n) is 8.16. The summed E-state index contributed by atoms with van der Waals surface area (Å²) in [5.41, 5.74) is 7.69. The standard InChI is InChI=1S/C36H40N4O2/c1-27-23-28(2)40(38-27)22-14-13-21-36(3)25-41-35(42-26-36)34-37-32(30-17-9-5-10-18-30)33(31-19-11-6-12-20-31)39(34)24-29-15-7-4-8-16-29/h4-12,15-20,23,35H,13-14,21-22,24-26H2,1-3H3/t35-,36-. The van der Waals surface area contributed by atoms with E-state index in [2.05, 4.69) is 126 Å². The van der Waals surface area contributed by atoms with E-state index in [4.69, 9.17) is 14.5 Å². The normalized spacial score (nSPS) is 18.8. The van der Waals surface area contributed by atoms with Crippen molar-refractivity contribution in [2.45, 2.75) is 59.4 Å². The van der Waals surface area contributed by atoms with Crippen LogP contribution in [0.2, 0.25) is 0 Å². The van der Waals surface area contributed by atoms with E-state index in [1.807, 2.05) is 6.07 Å². The van der Waals surface area contributed by atoms with Crippen molar-refractivity contribution in [2.75, 3.05) is 13.2 Å². The first-order valence-electron chi connectivity index (χ1n) is 15.0. The SMILES string of the molecule is Cc1cc(C)n(CCCC[C@]2(C)CO[C@@H](c3nc(-c4ccccc4)c(-c4ccccc4)n3Cc3ccccc3)OC2)n1. The van der Waals surface area contributed by atoms with E-state index in [1.165, 1.54) is 11.3 Å². The van der Waals surface area contributed by atoms with Gasteiger partial charge in [-0.1, -0.05) is 104 Å². The number of benzene rings is 3. The van der Waals surface area contributed by atoms with Gasteiger partial charge in [0, 0.05) is 35.3 Å². The maximum absolute atomic E-state index is 6.51. The Balaban J connectivity index is 1.25. The van der Waals surface area contributed by atoms with Crippen molar-refractivity contribution in [1.29, 1.82) is 0 Å². The lowest BCUT2D eigenvalue weighted by Crippen LogP contribution is -2.37. The Morgan fingerprint density at radius 2 is 1.43 bits per heavy atom. The van der Waals surface area contributed by atoms with E-state index in [0.29, 0.717) is 19.8 Å². The molecule has 0 saturated carbocycles. The summed E-state index contributed by atoms with van der Waals surface area (Å²) in [6, 6.07) is 33.6. The molecule has 0 amide bonds. The number of unbranched alkanes of at least 4 members (excludes halogenated alkanes) is 1. The molecule has 0 unspecified atom stereocenters. The molecule has 42 heavy (non-hydrogen) atoms. The van der Waals surface area contributed by atoms with Crippen molar-refractivity contribution in [3.63, 3.8) is 0 Å². The minimum absolute atomic E-state index is 0.0348. The van der Waals surface area contributed by atoms with E-state index in [9.17, 15) is 0 Å². The summed E-state index contributed by atoms with van der Waals surface area (Å²) >= 11 is 0. The minimum atomic E-state index is -0.531. The summed E-state index contributed by atoms with van der Waals surface area (Å²) in [4.78, 5) is 5.25. The Kier molecular flexibility index (Phi) is 8.36. The fourth-order valence-electron chi connectivity index (χ4n) is 5.91. The van der Waals surface area contributed by atoms with Crippen molar-refractivity contribution < 1.29 is 9.47 Å². The topological polar surface area (TPSA) is 54.1 Å². The molecule has 5 aromatic rings. The first kappa shape index (κ1) is 28.1. The molecule has 0 atom stereocenters. The predicted molar refractivity (Wildman–Crippen MR) is 167 cm³/mol. The van der Waals surface area contributed by atoms with E-state index < -0.39 is 6.29 Å². The number of aryl methyl sites for hydroxylation is 3. The maximum atomic E-state index is 6.51. The molecule has 0 bridgehead atoms. The number of ether oxygens (including phenoxy) is 2. The molecule has 1 aliphatic heterocycles. The van der Waals surface area contributed by atoms with Crippen LogP contribution in [0.4, 0.5) is 0 Å². The van der Waals surface area contributed by atoms with Crippen LogP contribution in [-0.4, -0.2) is 32.5 Å². The van der Waals surface area contributed by atoms with Crippen molar-refractivity contribution >= 4 is 0 Å². The molecule has 6 heteroatoms. The van der Waals surface area contributed by atoms with Gasteiger partial charge in [-0.2, -0.15) is 5.10 Å². The van der Waals surface area contributed by atoms with Gasteiger partial charge in [-0.25, -0.2) is 4.98 Å². The second-order valence-electron chi connectivity index (χ2n) is 11.8. The van der Waals surface area contributed by atoms with Crippen LogP contribution in [0.5, 0.6) is 0 Å². The number of rotatable bonds is 10. The van der Waals surface area contributed by atoms with Gasteiger partial charge in [0.25, 0.3) is 0 Å². The second kappa shape index (κ2) is 12.5. The Labute approximate surface area is 249 Å². The van der Waals surface area contributed by atoms with Crippen molar-refractivity contribution in [2.24, 2.45) is 5.41 Å². The second-order valence-corrected chi connectivity index (χ2v) is 11.8. The summed E-state index contributed by atoms with van der Waals surface area (Å²) in [5, 5.41) is 4.60. The zero-order valence-electron chi connectivity index (χ0n) is 24.9. The quantitative estimate of drug-likeness (QED) is 0.162. The van der Waals surface area contributed by atoms with Crippen LogP contribution in [0.15, 0.2) is 97.1 Å². The number of imidazole rings is 1. The highest BCUT2D eigenvalue weighted by molar-refractivity contribution is 5.79. The number of nitrogens with zero attached hydrogens (tertiary/aromatic N) is 4. The molecule has 0 aliphatic carbocycles. The van der Waals surface area contributed by atoms with Crippen molar-refractivity contribution in [3.05, 3.63) is 120 Å². The predicted octanol–water partition coefficient (Wildman–Crippen LogP) is 8.00. The zero-order chi connectivity index (χ0) is 28.9. The highest BCUT2D eigenvalue weighted by Crippen LogP contribution is 2.40. The van der Waals surface area contributed by atoms with Crippen LogP contribution in [0, 0.1) is 19.3 Å². The maximum Gasteiger partial charge on any atom is 0.217 e. The lowest BCUT2D eigenvalue weighted by molar-refractivity contribution is -0.236. The molecular formula is C36H40N4O2. The largest absolute Gasteiger partial charge is 0.345 e. The monoisotopic (exact) mass is 560 g/mol. The van der Waals surface area contributed by atoms with Crippen molar-refractivity contribution in [1.82, 2.24) is 19.3 Å². The molecule has 0 spiro atoms. The number of aromatic nitrogens is 4. The molecule has 1 aliphatic rings. The third kappa shape index (κ3) is 6.25. The van der Waals surface area contributed by atoms with Crippen LogP contribution in [0.25, 0.3) is 22.5 Å². The van der Waals surface area contributed by atoms with Gasteiger partial charge in [0.2, 0.25) is 6.29 Å². The van der Waals surface area contributed by atoms with E-state index in [1.54, 1.807) is 0 Å². The number of hydrogen-bond donors (Lipinski definition) is 0. The summed E-state index contributed by atoms with van der Waals surface area (Å²) in [6.07, 6.45) is 2.70. The van der Waals surface area contributed by atoms with Gasteiger partial charge >= 0.3 is 0 Å². The molecule has 0 radical (unpaired) electrons. The average Bonchev–Trinajstić information content (AvgIpc) is 3.55. The van der Waals surface area contributed by atoms with Gasteiger partial charge in [-0.3, -0.25) is 4.68 Å². The lowest BCUT2D eigenvalue weighted by Gasteiger charge is -2.37. The fourth-order valence-corrected chi connectivity index (χ4v) is 5.91. The van der Waals surface area contributed by atoms with Crippen LogP contribution >= 0.6 is 0 Å². The Bertz CT molecular complexity index is 1580. The first-order chi connectivity index (χ1) is 20.5. The molecule has 1 fully saturated rings. The van der Waals surface area contributed by atoms with Gasteiger partial charge < -0.3 is 14.0 Å². The lowest BCUT2D eigenvalue weighted by atomic mass is 9.86. The van der Waals surface area contributed by atoms with E-state index >= 15 is 0 Å². The van der Waals surface area contributed by atoms with Gasteiger partial charge in [0.15, 0.2) is 5.82 Å². The number of hydrogen-bond acceptors (Lipinski definition) is 4. The smallest absolute Gasteiger partial charge is 0.217 e. The molecule has 3 heterocycles. The minimum Gasteiger partial charge on any atom is -0.345 e.